The lowest BCUT2D eigenvalue weighted by atomic mass is 10.1. The molecule has 5 heteroatoms. The lowest BCUT2D eigenvalue weighted by molar-refractivity contribution is -0.121. The van der Waals surface area contributed by atoms with Crippen LogP contribution in [0.5, 0.6) is 5.75 Å². The van der Waals surface area contributed by atoms with Gasteiger partial charge < -0.3 is 14.8 Å². The number of hydrogen-bond acceptors (Lipinski definition) is 3. The smallest absolute Gasteiger partial charge is 0.220 e. The van der Waals surface area contributed by atoms with Crippen molar-refractivity contribution in [3.8, 4) is 5.75 Å². The molecular formula is C21H26FNO3. The second-order valence-electron chi connectivity index (χ2n) is 6.37. The lowest BCUT2D eigenvalue weighted by Crippen LogP contribution is -2.23. The van der Waals surface area contributed by atoms with Crippen LogP contribution in [0.1, 0.15) is 37.0 Å². The zero-order chi connectivity index (χ0) is 18.9. The van der Waals surface area contributed by atoms with Gasteiger partial charge in [0.25, 0.3) is 0 Å². The number of hydrogen-bond donors (Lipinski definition) is 1. The van der Waals surface area contributed by atoms with Gasteiger partial charge in [0.1, 0.15) is 0 Å². The van der Waals surface area contributed by atoms with Crippen LogP contribution >= 0.6 is 0 Å². The predicted molar refractivity (Wildman–Crippen MR) is 99.5 cm³/mol. The van der Waals surface area contributed by atoms with Crippen molar-refractivity contribution in [2.45, 2.75) is 45.9 Å². The zero-order valence-electron chi connectivity index (χ0n) is 15.5. The Morgan fingerprint density at radius 2 is 1.88 bits per heavy atom. The van der Waals surface area contributed by atoms with Crippen LogP contribution < -0.4 is 10.1 Å². The first-order chi connectivity index (χ1) is 12.5. The van der Waals surface area contributed by atoms with Crippen molar-refractivity contribution in [2.75, 3.05) is 7.11 Å². The Morgan fingerprint density at radius 3 is 2.54 bits per heavy atom. The molecule has 0 atom stereocenters. The first-order valence-corrected chi connectivity index (χ1v) is 8.77. The van der Waals surface area contributed by atoms with Crippen molar-refractivity contribution in [2.24, 2.45) is 0 Å². The molecule has 4 nitrogen and oxygen atoms in total. The largest absolute Gasteiger partial charge is 0.494 e. The van der Waals surface area contributed by atoms with Gasteiger partial charge in [-0.2, -0.15) is 0 Å². The fourth-order valence-corrected chi connectivity index (χ4v) is 2.53. The van der Waals surface area contributed by atoms with E-state index in [1.54, 1.807) is 12.1 Å². The Bertz CT molecular complexity index is 731. The molecule has 26 heavy (non-hydrogen) atoms. The Balaban J connectivity index is 1.84. The predicted octanol–water partition coefficient (Wildman–Crippen LogP) is 4.01. The Kier molecular flexibility index (Phi) is 7.60. The van der Waals surface area contributed by atoms with Gasteiger partial charge in [0.15, 0.2) is 11.6 Å². The summed E-state index contributed by atoms with van der Waals surface area (Å²) in [6.07, 6.45) is 0.934. The van der Waals surface area contributed by atoms with Gasteiger partial charge in [-0.05, 0) is 49.1 Å². The summed E-state index contributed by atoms with van der Waals surface area (Å²) in [6, 6.07) is 12.6. The van der Waals surface area contributed by atoms with Crippen LogP contribution in [-0.4, -0.2) is 19.1 Å². The highest BCUT2D eigenvalue weighted by Crippen LogP contribution is 2.18. The van der Waals surface area contributed by atoms with E-state index in [2.05, 4.69) is 5.32 Å². The molecule has 0 aliphatic carbocycles. The van der Waals surface area contributed by atoms with E-state index in [4.69, 9.17) is 9.47 Å². The van der Waals surface area contributed by atoms with Crippen LogP contribution in [0.4, 0.5) is 4.39 Å². The van der Waals surface area contributed by atoms with Crippen molar-refractivity contribution in [1.82, 2.24) is 5.32 Å². The molecule has 0 aliphatic heterocycles. The summed E-state index contributed by atoms with van der Waals surface area (Å²) >= 11 is 0. The standard InChI is InChI=1S/C21H26FNO3/c1-15(2)26-14-18-7-5-4-6-17(18)13-23-21(24)11-9-16-8-10-20(25-3)19(22)12-16/h4-8,10,12,15H,9,11,13-14H2,1-3H3,(H,23,24). The third-order valence-corrected chi connectivity index (χ3v) is 4.02. The van der Waals surface area contributed by atoms with Gasteiger partial charge >= 0.3 is 0 Å². The summed E-state index contributed by atoms with van der Waals surface area (Å²) in [4.78, 5) is 12.1. The van der Waals surface area contributed by atoms with Gasteiger partial charge in [-0.1, -0.05) is 30.3 Å². The average molecular weight is 359 g/mol. The van der Waals surface area contributed by atoms with E-state index in [1.165, 1.54) is 13.2 Å². The molecule has 0 aliphatic rings. The first-order valence-electron chi connectivity index (χ1n) is 8.77. The highest BCUT2D eigenvalue weighted by Gasteiger charge is 2.08. The van der Waals surface area contributed by atoms with E-state index in [9.17, 15) is 9.18 Å². The summed E-state index contributed by atoms with van der Waals surface area (Å²) in [5, 5.41) is 2.92. The number of methoxy groups -OCH3 is 1. The molecule has 0 radical (unpaired) electrons. The van der Waals surface area contributed by atoms with Gasteiger partial charge in [-0.15, -0.1) is 0 Å². The number of carbonyl (C=O) groups is 1. The van der Waals surface area contributed by atoms with Crippen LogP contribution in [0.2, 0.25) is 0 Å². The van der Waals surface area contributed by atoms with E-state index in [-0.39, 0.29) is 17.8 Å². The molecule has 0 bridgehead atoms. The topological polar surface area (TPSA) is 47.6 Å². The van der Waals surface area contributed by atoms with Crippen LogP contribution in [0.3, 0.4) is 0 Å². The van der Waals surface area contributed by atoms with Crippen molar-refractivity contribution >= 4 is 5.91 Å². The third kappa shape index (κ3) is 6.15. The van der Waals surface area contributed by atoms with E-state index in [1.807, 2.05) is 38.1 Å². The van der Waals surface area contributed by atoms with Gasteiger partial charge in [0.2, 0.25) is 5.91 Å². The average Bonchev–Trinajstić information content (AvgIpc) is 2.63. The fourth-order valence-electron chi connectivity index (χ4n) is 2.53. The maximum absolute atomic E-state index is 13.7. The second-order valence-corrected chi connectivity index (χ2v) is 6.37. The molecule has 2 aromatic carbocycles. The van der Waals surface area contributed by atoms with Crippen molar-refractivity contribution in [3.63, 3.8) is 0 Å². The van der Waals surface area contributed by atoms with E-state index in [0.29, 0.717) is 26.0 Å². The lowest BCUT2D eigenvalue weighted by Gasteiger charge is -2.13. The molecule has 2 aromatic rings. The molecule has 2 rings (SSSR count). The highest BCUT2D eigenvalue weighted by molar-refractivity contribution is 5.76. The van der Waals surface area contributed by atoms with Crippen molar-refractivity contribution in [1.29, 1.82) is 0 Å². The molecule has 0 aromatic heterocycles. The van der Waals surface area contributed by atoms with E-state index >= 15 is 0 Å². The van der Waals surface area contributed by atoms with E-state index < -0.39 is 5.82 Å². The molecule has 0 heterocycles. The van der Waals surface area contributed by atoms with E-state index in [0.717, 1.165) is 16.7 Å². The minimum Gasteiger partial charge on any atom is -0.494 e. The summed E-state index contributed by atoms with van der Waals surface area (Å²) in [7, 11) is 1.43. The van der Waals surface area contributed by atoms with Gasteiger partial charge in [-0.3, -0.25) is 4.79 Å². The van der Waals surface area contributed by atoms with Crippen LogP contribution in [0, 0.1) is 5.82 Å². The van der Waals surface area contributed by atoms with Crippen LogP contribution in [-0.2, 0) is 29.1 Å². The minimum atomic E-state index is -0.413. The number of rotatable bonds is 9. The number of carbonyl (C=O) groups excluding carboxylic acids is 1. The molecule has 0 fully saturated rings. The monoisotopic (exact) mass is 359 g/mol. The second kappa shape index (κ2) is 9.92. The highest BCUT2D eigenvalue weighted by atomic mass is 19.1. The molecule has 0 unspecified atom stereocenters. The molecule has 0 saturated carbocycles. The number of aryl methyl sites for hydroxylation is 1. The maximum atomic E-state index is 13.7. The number of benzene rings is 2. The van der Waals surface area contributed by atoms with Crippen LogP contribution in [0.25, 0.3) is 0 Å². The molecule has 0 saturated heterocycles. The quantitative estimate of drug-likeness (QED) is 0.736. The Hall–Kier alpha value is -2.40. The molecule has 0 spiro atoms. The van der Waals surface area contributed by atoms with Gasteiger partial charge in [0, 0.05) is 13.0 Å². The third-order valence-electron chi connectivity index (χ3n) is 4.02. The van der Waals surface area contributed by atoms with Crippen molar-refractivity contribution < 1.29 is 18.7 Å². The minimum absolute atomic E-state index is 0.0687. The molecular weight excluding hydrogens is 333 g/mol. The molecule has 1 amide bonds. The normalized spacial score (nSPS) is 10.8. The summed E-state index contributed by atoms with van der Waals surface area (Å²) < 4.78 is 24.2. The Morgan fingerprint density at radius 1 is 1.15 bits per heavy atom. The number of halogens is 1. The number of ether oxygens (including phenoxy) is 2. The number of nitrogens with one attached hydrogen (secondary N) is 1. The summed E-state index contributed by atoms with van der Waals surface area (Å²) in [5.74, 6) is -0.274. The zero-order valence-corrected chi connectivity index (χ0v) is 15.5. The fraction of sp³-hybridized carbons (Fsp3) is 0.381. The van der Waals surface area contributed by atoms with Gasteiger partial charge in [-0.25, -0.2) is 4.39 Å². The maximum Gasteiger partial charge on any atom is 0.220 e. The molecule has 140 valence electrons. The van der Waals surface area contributed by atoms with Gasteiger partial charge in [0.05, 0.1) is 19.8 Å². The number of amides is 1. The summed E-state index contributed by atoms with van der Waals surface area (Å²) in [6.45, 7) is 4.96. The Labute approximate surface area is 154 Å². The summed E-state index contributed by atoms with van der Waals surface area (Å²) in [5.41, 5.74) is 2.87. The SMILES string of the molecule is COc1ccc(CCC(=O)NCc2ccccc2COC(C)C)cc1F. The first kappa shape index (κ1) is 19.9. The molecule has 1 N–H and O–H groups in total. The van der Waals surface area contributed by atoms with Crippen LogP contribution in [0.15, 0.2) is 42.5 Å². The van der Waals surface area contributed by atoms with Crippen molar-refractivity contribution in [3.05, 3.63) is 65.0 Å².